The zero-order chi connectivity index (χ0) is 18.5. The van der Waals surface area contributed by atoms with Crippen molar-refractivity contribution < 1.29 is 18.3 Å². The molecule has 26 heavy (non-hydrogen) atoms. The van der Waals surface area contributed by atoms with Crippen LogP contribution in [0, 0.1) is 4.77 Å². The van der Waals surface area contributed by atoms with Crippen LogP contribution in [0.25, 0.3) is 10.7 Å². The first-order valence-corrected chi connectivity index (χ1v) is 8.82. The lowest BCUT2D eigenvalue weighted by molar-refractivity contribution is -0.121. The fourth-order valence-corrected chi connectivity index (χ4v) is 3.23. The number of alkyl halides is 2. The van der Waals surface area contributed by atoms with Crippen LogP contribution >= 0.6 is 23.6 Å². The highest BCUT2D eigenvalue weighted by molar-refractivity contribution is 7.71. The molecule has 1 aromatic carbocycles. The zero-order valence-corrected chi connectivity index (χ0v) is 14.9. The van der Waals surface area contributed by atoms with Crippen LogP contribution in [0.1, 0.15) is 5.56 Å². The number of nitrogens with one attached hydrogen (secondary N) is 2. The van der Waals surface area contributed by atoms with Crippen molar-refractivity contribution in [2.24, 2.45) is 0 Å². The number of halogens is 2. The largest absolute Gasteiger partial charge is 0.434 e. The second-order valence-corrected chi connectivity index (χ2v) is 6.51. The van der Waals surface area contributed by atoms with Gasteiger partial charge in [-0.15, -0.1) is 11.3 Å². The predicted octanol–water partition coefficient (Wildman–Crippen LogP) is 3.59. The quantitative estimate of drug-likeness (QED) is 0.599. The highest BCUT2D eigenvalue weighted by atomic mass is 32.1. The average molecular weight is 396 g/mol. The minimum atomic E-state index is -2.93. The molecule has 0 atom stereocenters. The summed E-state index contributed by atoms with van der Waals surface area (Å²) in [5.41, 5.74) is 0.454. The van der Waals surface area contributed by atoms with E-state index in [2.05, 4.69) is 20.3 Å². The number of carbonyl (C=O) groups is 1. The predicted molar refractivity (Wildman–Crippen MR) is 95.6 cm³/mol. The molecule has 2 heterocycles. The van der Waals surface area contributed by atoms with Crippen LogP contribution in [0.2, 0.25) is 0 Å². The van der Waals surface area contributed by atoms with E-state index in [4.69, 9.17) is 12.2 Å². The average Bonchev–Trinajstić information content (AvgIpc) is 3.24. The molecule has 3 rings (SSSR count). The van der Waals surface area contributed by atoms with Crippen molar-refractivity contribution in [3.8, 4) is 16.5 Å². The number of para-hydroxylation sites is 1. The fourth-order valence-electron chi connectivity index (χ4n) is 2.31. The van der Waals surface area contributed by atoms with Gasteiger partial charge in [0.2, 0.25) is 5.91 Å². The van der Waals surface area contributed by atoms with Crippen LogP contribution in [0.5, 0.6) is 5.75 Å². The Kier molecular flexibility index (Phi) is 5.74. The number of benzene rings is 1. The van der Waals surface area contributed by atoms with E-state index >= 15 is 0 Å². The maximum atomic E-state index is 12.4. The summed E-state index contributed by atoms with van der Waals surface area (Å²) in [7, 11) is 0. The highest BCUT2D eigenvalue weighted by Gasteiger charge is 2.14. The van der Waals surface area contributed by atoms with Gasteiger partial charge in [0.25, 0.3) is 0 Å². The third-order valence-electron chi connectivity index (χ3n) is 3.47. The van der Waals surface area contributed by atoms with Crippen molar-refractivity contribution in [3.05, 3.63) is 52.1 Å². The van der Waals surface area contributed by atoms with Gasteiger partial charge in [0, 0.05) is 12.1 Å². The van der Waals surface area contributed by atoms with Crippen molar-refractivity contribution in [2.75, 3.05) is 0 Å². The number of hydrogen-bond acceptors (Lipinski definition) is 5. The second-order valence-electron chi connectivity index (χ2n) is 5.18. The SMILES string of the molecule is O=C(Cn1c(-c2cccs2)n[nH]c1=S)NCc1ccccc1OC(F)F. The van der Waals surface area contributed by atoms with Crippen molar-refractivity contribution >= 4 is 29.5 Å². The van der Waals surface area contributed by atoms with Crippen LogP contribution in [0.4, 0.5) is 8.78 Å². The summed E-state index contributed by atoms with van der Waals surface area (Å²) in [5, 5.41) is 11.4. The summed E-state index contributed by atoms with van der Waals surface area (Å²) in [6.07, 6.45) is 0. The molecule has 0 spiro atoms. The molecule has 136 valence electrons. The molecule has 0 radical (unpaired) electrons. The van der Waals surface area contributed by atoms with Gasteiger partial charge in [-0.05, 0) is 29.7 Å². The van der Waals surface area contributed by atoms with Crippen molar-refractivity contribution in [1.29, 1.82) is 0 Å². The molecule has 10 heteroatoms. The van der Waals surface area contributed by atoms with Crippen molar-refractivity contribution in [1.82, 2.24) is 20.1 Å². The number of amides is 1. The number of aromatic nitrogens is 3. The first kappa shape index (κ1) is 18.2. The summed E-state index contributed by atoms with van der Waals surface area (Å²) >= 11 is 6.66. The van der Waals surface area contributed by atoms with E-state index in [1.165, 1.54) is 17.4 Å². The summed E-state index contributed by atoms with van der Waals surface area (Å²) < 4.78 is 31.2. The molecule has 1 amide bonds. The third-order valence-corrected chi connectivity index (χ3v) is 4.64. The molecule has 6 nitrogen and oxygen atoms in total. The van der Waals surface area contributed by atoms with E-state index in [9.17, 15) is 13.6 Å². The van der Waals surface area contributed by atoms with Gasteiger partial charge in [0.15, 0.2) is 10.6 Å². The number of hydrogen-bond donors (Lipinski definition) is 2. The van der Waals surface area contributed by atoms with Gasteiger partial charge in [-0.25, -0.2) is 0 Å². The molecule has 0 fully saturated rings. The number of thiophene rings is 1. The zero-order valence-electron chi connectivity index (χ0n) is 13.3. The van der Waals surface area contributed by atoms with E-state index in [1.54, 1.807) is 22.8 Å². The second kappa shape index (κ2) is 8.19. The molecular weight excluding hydrogens is 382 g/mol. The molecule has 0 saturated carbocycles. The number of aromatic amines is 1. The first-order chi connectivity index (χ1) is 12.5. The molecule has 0 aliphatic heterocycles. The fraction of sp³-hybridized carbons (Fsp3) is 0.188. The minimum absolute atomic E-state index is 0.0296. The van der Waals surface area contributed by atoms with Gasteiger partial charge in [0.05, 0.1) is 4.88 Å². The Morgan fingerprint density at radius 3 is 2.88 bits per heavy atom. The molecular formula is C16H14F2N4O2S2. The van der Waals surface area contributed by atoms with Crippen LogP contribution in [0.15, 0.2) is 41.8 Å². The van der Waals surface area contributed by atoms with Gasteiger partial charge < -0.3 is 10.1 Å². The van der Waals surface area contributed by atoms with Crippen LogP contribution < -0.4 is 10.1 Å². The lowest BCUT2D eigenvalue weighted by atomic mass is 10.2. The standard InChI is InChI=1S/C16H14F2N4O2S2/c17-15(18)24-11-5-2-1-4-10(11)8-19-13(23)9-22-14(20-21-16(22)25)12-6-3-7-26-12/h1-7,15H,8-9H2,(H,19,23)(H,21,25). The lowest BCUT2D eigenvalue weighted by Crippen LogP contribution is -2.27. The monoisotopic (exact) mass is 396 g/mol. The Morgan fingerprint density at radius 2 is 2.15 bits per heavy atom. The maximum absolute atomic E-state index is 12.4. The molecule has 0 unspecified atom stereocenters. The molecule has 0 bridgehead atoms. The Bertz CT molecular complexity index is 938. The number of ether oxygens (including phenoxy) is 1. The van der Waals surface area contributed by atoms with Crippen LogP contribution in [0.3, 0.4) is 0 Å². The summed E-state index contributed by atoms with van der Waals surface area (Å²) in [5.74, 6) is 0.274. The Balaban J connectivity index is 1.68. The van der Waals surface area contributed by atoms with E-state index in [1.807, 2.05) is 17.5 Å². The molecule has 0 saturated heterocycles. The van der Waals surface area contributed by atoms with Crippen LogP contribution in [-0.4, -0.2) is 27.3 Å². The molecule has 3 aromatic rings. The number of nitrogens with zero attached hydrogens (tertiary/aromatic N) is 2. The van der Waals surface area contributed by atoms with Gasteiger partial charge in [-0.1, -0.05) is 24.3 Å². The van der Waals surface area contributed by atoms with E-state index in [0.717, 1.165) is 4.88 Å². The molecule has 0 aliphatic carbocycles. The minimum Gasteiger partial charge on any atom is -0.434 e. The number of carbonyl (C=O) groups excluding carboxylic acids is 1. The van der Waals surface area contributed by atoms with Crippen LogP contribution in [-0.2, 0) is 17.9 Å². The van der Waals surface area contributed by atoms with Crippen molar-refractivity contribution in [2.45, 2.75) is 19.7 Å². The van der Waals surface area contributed by atoms with Gasteiger partial charge in [-0.3, -0.25) is 14.5 Å². The number of rotatable bonds is 7. The molecule has 0 aliphatic rings. The van der Waals surface area contributed by atoms with E-state index in [0.29, 0.717) is 16.2 Å². The van der Waals surface area contributed by atoms with E-state index in [-0.39, 0.29) is 24.7 Å². The van der Waals surface area contributed by atoms with Gasteiger partial charge in [0.1, 0.15) is 12.3 Å². The summed E-state index contributed by atoms with van der Waals surface area (Å²) in [6, 6.07) is 10.1. The highest BCUT2D eigenvalue weighted by Crippen LogP contribution is 2.23. The maximum Gasteiger partial charge on any atom is 0.387 e. The normalized spacial score (nSPS) is 10.9. The van der Waals surface area contributed by atoms with Gasteiger partial charge >= 0.3 is 6.61 Å². The Labute approximate surface area is 156 Å². The lowest BCUT2D eigenvalue weighted by Gasteiger charge is -2.12. The Morgan fingerprint density at radius 1 is 1.35 bits per heavy atom. The van der Waals surface area contributed by atoms with E-state index < -0.39 is 6.61 Å². The van der Waals surface area contributed by atoms with Gasteiger partial charge in [-0.2, -0.15) is 13.9 Å². The first-order valence-electron chi connectivity index (χ1n) is 7.53. The third kappa shape index (κ3) is 4.33. The molecule has 2 aromatic heterocycles. The summed E-state index contributed by atoms with van der Waals surface area (Å²) in [6.45, 7) is -2.91. The van der Waals surface area contributed by atoms with Crippen molar-refractivity contribution in [3.63, 3.8) is 0 Å². The Hall–Kier alpha value is -2.59. The smallest absolute Gasteiger partial charge is 0.387 e. The molecule has 2 N–H and O–H groups in total. The number of H-pyrrole nitrogens is 1. The summed E-state index contributed by atoms with van der Waals surface area (Å²) in [4.78, 5) is 13.2. The topological polar surface area (TPSA) is 71.9 Å².